The van der Waals surface area contributed by atoms with Gasteiger partial charge in [-0.25, -0.2) is 4.79 Å². The molecule has 152 valence electrons. The Kier molecular flexibility index (Phi) is 6.22. The molecule has 29 heavy (non-hydrogen) atoms. The maximum absolute atomic E-state index is 12.3. The minimum Gasteiger partial charge on any atom is -0.496 e. The Bertz CT molecular complexity index is 1040. The number of benzene rings is 2. The van der Waals surface area contributed by atoms with Gasteiger partial charge in [-0.1, -0.05) is 19.9 Å². The van der Waals surface area contributed by atoms with Gasteiger partial charge in [0.05, 0.1) is 26.3 Å². The SMILES string of the molecule is COC(=O)c1ccc(Cn2ccc3cc(C(=O)NCC(C)C)ccc32)c(OC)c1. The fourth-order valence-electron chi connectivity index (χ4n) is 3.18. The van der Waals surface area contributed by atoms with Gasteiger partial charge < -0.3 is 19.4 Å². The first-order chi connectivity index (χ1) is 13.9. The van der Waals surface area contributed by atoms with Crippen molar-refractivity contribution in [2.24, 2.45) is 5.92 Å². The largest absolute Gasteiger partial charge is 0.496 e. The average Bonchev–Trinajstić information content (AvgIpc) is 3.13. The first-order valence-corrected chi connectivity index (χ1v) is 9.55. The van der Waals surface area contributed by atoms with Crippen LogP contribution in [0.3, 0.4) is 0 Å². The summed E-state index contributed by atoms with van der Waals surface area (Å²) in [4.78, 5) is 24.1. The van der Waals surface area contributed by atoms with Crippen LogP contribution >= 0.6 is 0 Å². The quantitative estimate of drug-likeness (QED) is 0.618. The average molecular weight is 394 g/mol. The molecule has 1 aromatic heterocycles. The summed E-state index contributed by atoms with van der Waals surface area (Å²) in [5.41, 5.74) is 3.05. The zero-order valence-corrected chi connectivity index (χ0v) is 17.2. The number of aromatic nitrogens is 1. The van der Waals surface area contributed by atoms with E-state index in [0.29, 0.717) is 35.9 Å². The summed E-state index contributed by atoms with van der Waals surface area (Å²) in [6, 6.07) is 13.0. The summed E-state index contributed by atoms with van der Waals surface area (Å²) in [7, 11) is 2.93. The third kappa shape index (κ3) is 4.59. The van der Waals surface area contributed by atoms with E-state index in [0.717, 1.165) is 16.5 Å². The molecular formula is C23H26N2O4. The van der Waals surface area contributed by atoms with Crippen molar-refractivity contribution >= 4 is 22.8 Å². The summed E-state index contributed by atoms with van der Waals surface area (Å²) < 4.78 is 12.3. The van der Waals surface area contributed by atoms with Crippen LogP contribution in [0.1, 0.15) is 40.1 Å². The van der Waals surface area contributed by atoms with E-state index >= 15 is 0 Å². The van der Waals surface area contributed by atoms with Crippen molar-refractivity contribution in [3.8, 4) is 5.75 Å². The van der Waals surface area contributed by atoms with Crippen LogP contribution in [0.5, 0.6) is 5.75 Å². The van der Waals surface area contributed by atoms with Crippen molar-refractivity contribution in [2.75, 3.05) is 20.8 Å². The van der Waals surface area contributed by atoms with E-state index in [1.165, 1.54) is 7.11 Å². The summed E-state index contributed by atoms with van der Waals surface area (Å²) >= 11 is 0. The standard InChI is InChI=1S/C23H26N2O4/c1-15(2)13-24-22(26)17-7-8-20-16(11-17)9-10-25(20)14-19-6-5-18(23(27)29-4)12-21(19)28-3/h5-12,15H,13-14H2,1-4H3,(H,24,26). The van der Waals surface area contributed by atoms with Crippen LogP contribution in [0.4, 0.5) is 0 Å². The van der Waals surface area contributed by atoms with Crippen molar-refractivity contribution in [1.29, 1.82) is 0 Å². The fraction of sp³-hybridized carbons (Fsp3) is 0.304. The Morgan fingerprint density at radius 3 is 2.48 bits per heavy atom. The van der Waals surface area contributed by atoms with Crippen LogP contribution in [-0.4, -0.2) is 37.2 Å². The molecular weight excluding hydrogens is 368 g/mol. The molecule has 0 unspecified atom stereocenters. The Labute approximate surface area is 170 Å². The molecule has 1 heterocycles. The normalized spacial score (nSPS) is 10.9. The third-order valence-corrected chi connectivity index (χ3v) is 4.75. The summed E-state index contributed by atoms with van der Waals surface area (Å²) in [6.45, 7) is 5.36. The summed E-state index contributed by atoms with van der Waals surface area (Å²) in [5, 5.41) is 3.94. The van der Waals surface area contributed by atoms with E-state index < -0.39 is 5.97 Å². The lowest BCUT2D eigenvalue weighted by molar-refractivity contribution is 0.0600. The van der Waals surface area contributed by atoms with Crippen LogP contribution in [0, 0.1) is 5.92 Å². The highest BCUT2D eigenvalue weighted by atomic mass is 16.5. The zero-order chi connectivity index (χ0) is 21.0. The number of hydrogen-bond acceptors (Lipinski definition) is 4. The van der Waals surface area contributed by atoms with Crippen LogP contribution < -0.4 is 10.1 Å². The first-order valence-electron chi connectivity index (χ1n) is 9.55. The lowest BCUT2D eigenvalue weighted by Gasteiger charge is -2.12. The third-order valence-electron chi connectivity index (χ3n) is 4.75. The van der Waals surface area contributed by atoms with Crippen LogP contribution in [-0.2, 0) is 11.3 Å². The maximum Gasteiger partial charge on any atom is 0.337 e. The smallest absolute Gasteiger partial charge is 0.337 e. The van der Waals surface area contributed by atoms with Crippen LogP contribution in [0.25, 0.3) is 10.9 Å². The second kappa shape index (κ2) is 8.82. The molecule has 0 bridgehead atoms. The van der Waals surface area contributed by atoms with Crippen molar-refractivity contribution in [2.45, 2.75) is 20.4 Å². The number of carbonyl (C=O) groups excluding carboxylic acids is 2. The number of nitrogens with zero attached hydrogens (tertiary/aromatic N) is 1. The molecule has 0 radical (unpaired) electrons. The fourth-order valence-corrected chi connectivity index (χ4v) is 3.18. The minimum absolute atomic E-state index is 0.0616. The highest BCUT2D eigenvalue weighted by molar-refractivity contribution is 5.98. The number of nitrogens with one attached hydrogen (secondary N) is 1. The van der Waals surface area contributed by atoms with Gasteiger partial charge in [0.25, 0.3) is 5.91 Å². The number of ether oxygens (including phenoxy) is 2. The highest BCUT2D eigenvalue weighted by Gasteiger charge is 2.13. The summed E-state index contributed by atoms with van der Waals surface area (Å²) in [5.74, 6) is 0.571. The van der Waals surface area contributed by atoms with E-state index in [4.69, 9.17) is 9.47 Å². The molecule has 0 aliphatic rings. The topological polar surface area (TPSA) is 69.6 Å². The number of esters is 1. The number of amides is 1. The lowest BCUT2D eigenvalue weighted by Crippen LogP contribution is -2.27. The second-order valence-corrected chi connectivity index (χ2v) is 7.34. The summed E-state index contributed by atoms with van der Waals surface area (Å²) in [6.07, 6.45) is 1.98. The Morgan fingerprint density at radius 2 is 1.79 bits per heavy atom. The van der Waals surface area contributed by atoms with Gasteiger partial charge in [0, 0.05) is 34.8 Å². The number of methoxy groups -OCH3 is 2. The Hall–Kier alpha value is -3.28. The molecule has 6 nitrogen and oxygen atoms in total. The molecule has 6 heteroatoms. The van der Waals surface area contributed by atoms with Gasteiger partial charge in [0.2, 0.25) is 0 Å². The van der Waals surface area contributed by atoms with Crippen molar-refractivity contribution in [3.63, 3.8) is 0 Å². The van der Waals surface area contributed by atoms with Gasteiger partial charge in [-0.2, -0.15) is 0 Å². The van der Waals surface area contributed by atoms with E-state index in [2.05, 4.69) is 23.7 Å². The first kappa shape index (κ1) is 20.5. The minimum atomic E-state index is -0.399. The zero-order valence-electron chi connectivity index (χ0n) is 17.2. The predicted octanol–water partition coefficient (Wildman–Crippen LogP) is 3.87. The van der Waals surface area contributed by atoms with Gasteiger partial charge in [-0.15, -0.1) is 0 Å². The maximum atomic E-state index is 12.3. The van der Waals surface area contributed by atoms with Crippen LogP contribution in [0.15, 0.2) is 48.7 Å². The molecule has 1 N–H and O–H groups in total. The van der Waals surface area contributed by atoms with E-state index in [1.54, 1.807) is 19.2 Å². The van der Waals surface area contributed by atoms with Crippen molar-refractivity contribution in [3.05, 3.63) is 65.4 Å². The van der Waals surface area contributed by atoms with Gasteiger partial charge in [0.1, 0.15) is 5.75 Å². The molecule has 0 fully saturated rings. The predicted molar refractivity (Wildman–Crippen MR) is 113 cm³/mol. The Balaban J connectivity index is 1.84. The molecule has 1 amide bonds. The molecule has 3 aromatic rings. The molecule has 0 aliphatic carbocycles. The molecule has 0 saturated heterocycles. The second-order valence-electron chi connectivity index (χ2n) is 7.34. The van der Waals surface area contributed by atoms with E-state index in [-0.39, 0.29) is 5.91 Å². The molecule has 0 saturated carbocycles. The number of rotatable bonds is 7. The molecule has 3 rings (SSSR count). The highest BCUT2D eigenvalue weighted by Crippen LogP contribution is 2.25. The van der Waals surface area contributed by atoms with Gasteiger partial charge in [-0.3, -0.25) is 4.79 Å². The number of fused-ring (bicyclic) bond motifs is 1. The molecule has 2 aromatic carbocycles. The van der Waals surface area contributed by atoms with E-state index in [1.807, 2.05) is 36.5 Å². The lowest BCUT2D eigenvalue weighted by atomic mass is 10.1. The molecule has 0 aliphatic heterocycles. The number of carbonyl (C=O) groups is 2. The molecule has 0 atom stereocenters. The van der Waals surface area contributed by atoms with Crippen molar-refractivity contribution < 1.29 is 19.1 Å². The molecule has 0 spiro atoms. The number of hydrogen-bond donors (Lipinski definition) is 1. The van der Waals surface area contributed by atoms with Gasteiger partial charge in [-0.05, 0) is 42.3 Å². The van der Waals surface area contributed by atoms with Gasteiger partial charge >= 0.3 is 5.97 Å². The van der Waals surface area contributed by atoms with Gasteiger partial charge in [0.15, 0.2) is 0 Å². The van der Waals surface area contributed by atoms with Crippen LogP contribution in [0.2, 0.25) is 0 Å². The monoisotopic (exact) mass is 394 g/mol. The Morgan fingerprint density at radius 1 is 1.03 bits per heavy atom. The van der Waals surface area contributed by atoms with Crippen molar-refractivity contribution in [1.82, 2.24) is 9.88 Å². The van der Waals surface area contributed by atoms with E-state index in [9.17, 15) is 9.59 Å².